The third-order valence-electron chi connectivity index (χ3n) is 5.36. The van der Waals surface area contributed by atoms with Gasteiger partial charge in [-0.15, -0.1) is 0 Å². The van der Waals surface area contributed by atoms with Crippen molar-refractivity contribution in [2.75, 3.05) is 12.4 Å². The van der Waals surface area contributed by atoms with Crippen LogP contribution >= 0.6 is 0 Å². The molecule has 1 aliphatic heterocycles. The molecule has 6 rings (SSSR count). The number of anilines is 1. The number of amides is 1. The summed E-state index contributed by atoms with van der Waals surface area (Å²) in [4.78, 5) is 25.7. The molecule has 0 atom stereocenters. The Kier molecular flexibility index (Phi) is 3.97. The van der Waals surface area contributed by atoms with Gasteiger partial charge in [0.2, 0.25) is 0 Å². The average molecular weight is 424 g/mol. The topological polar surface area (TPSA) is 106 Å². The normalized spacial score (nSPS) is 14.2. The molecular formula is C24H16N4O4. The Morgan fingerprint density at radius 1 is 0.969 bits per heavy atom. The van der Waals surface area contributed by atoms with Crippen LogP contribution in [0.15, 0.2) is 70.0 Å². The molecule has 32 heavy (non-hydrogen) atoms. The number of aromatic amines is 1. The highest BCUT2D eigenvalue weighted by molar-refractivity contribution is 6.37. The van der Waals surface area contributed by atoms with E-state index in [1.54, 1.807) is 50.1 Å². The number of carbonyl (C=O) groups excluding carboxylic acids is 1. The van der Waals surface area contributed by atoms with Gasteiger partial charge in [0.15, 0.2) is 11.5 Å². The van der Waals surface area contributed by atoms with Crippen molar-refractivity contribution in [2.24, 2.45) is 0 Å². The van der Waals surface area contributed by atoms with Crippen molar-refractivity contribution in [3.63, 3.8) is 0 Å². The predicted molar refractivity (Wildman–Crippen MR) is 119 cm³/mol. The van der Waals surface area contributed by atoms with E-state index in [0.717, 1.165) is 0 Å². The minimum atomic E-state index is -0.222. The smallest absolute Gasteiger partial charge is 0.256 e. The Morgan fingerprint density at radius 3 is 2.41 bits per heavy atom. The summed E-state index contributed by atoms with van der Waals surface area (Å²) in [5.74, 6) is 1.55. The number of fused-ring (bicyclic) bond motifs is 3. The molecule has 1 amide bonds. The number of benzene rings is 1. The quantitative estimate of drug-likeness (QED) is 0.394. The van der Waals surface area contributed by atoms with E-state index in [9.17, 15) is 4.79 Å². The van der Waals surface area contributed by atoms with Crippen molar-refractivity contribution in [2.45, 2.75) is 0 Å². The number of furan rings is 2. The Bertz CT molecular complexity index is 1490. The first-order valence-electron chi connectivity index (χ1n) is 9.90. The Labute approximate surface area is 181 Å². The number of aromatic nitrogens is 3. The van der Waals surface area contributed by atoms with Gasteiger partial charge in [0.25, 0.3) is 5.91 Å². The second-order valence-corrected chi connectivity index (χ2v) is 7.20. The van der Waals surface area contributed by atoms with E-state index in [2.05, 4.69) is 10.3 Å². The van der Waals surface area contributed by atoms with Gasteiger partial charge in [0.05, 0.1) is 47.6 Å². The maximum absolute atomic E-state index is 12.9. The van der Waals surface area contributed by atoms with Gasteiger partial charge in [-0.2, -0.15) is 0 Å². The van der Waals surface area contributed by atoms with Gasteiger partial charge >= 0.3 is 0 Å². The lowest BCUT2D eigenvalue weighted by atomic mass is 10.0. The summed E-state index contributed by atoms with van der Waals surface area (Å²) < 4.78 is 16.6. The van der Waals surface area contributed by atoms with Crippen LogP contribution < -0.4 is 10.1 Å². The van der Waals surface area contributed by atoms with E-state index in [0.29, 0.717) is 62.2 Å². The van der Waals surface area contributed by atoms with Gasteiger partial charge < -0.3 is 23.9 Å². The molecule has 2 N–H and O–H groups in total. The maximum atomic E-state index is 12.9. The van der Waals surface area contributed by atoms with Crippen LogP contribution in [-0.2, 0) is 4.79 Å². The molecule has 5 heterocycles. The minimum absolute atomic E-state index is 0.222. The zero-order valence-corrected chi connectivity index (χ0v) is 16.9. The second-order valence-electron chi connectivity index (χ2n) is 7.20. The van der Waals surface area contributed by atoms with Crippen LogP contribution in [0.4, 0.5) is 5.69 Å². The molecule has 5 aromatic rings. The van der Waals surface area contributed by atoms with E-state index >= 15 is 0 Å². The lowest BCUT2D eigenvalue weighted by Gasteiger charge is -2.09. The molecule has 1 aliphatic rings. The van der Waals surface area contributed by atoms with E-state index in [-0.39, 0.29) is 5.91 Å². The summed E-state index contributed by atoms with van der Waals surface area (Å²) >= 11 is 0. The summed E-state index contributed by atoms with van der Waals surface area (Å²) in [5, 5.41) is 2.91. The molecule has 0 aliphatic carbocycles. The van der Waals surface area contributed by atoms with E-state index in [1.807, 2.05) is 24.3 Å². The Morgan fingerprint density at radius 2 is 1.72 bits per heavy atom. The third-order valence-corrected chi connectivity index (χ3v) is 5.36. The van der Waals surface area contributed by atoms with Crippen molar-refractivity contribution in [1.82, 2.24) is 15.0 Å². The average Bonchev–Trinajstić information content (AvgIpc) is 3.60. The number of ether oxygens (including phenoxy) is 1. The lowest BCUT2D eigenvalue weighted by molar-refractivity contribution is -0.110. The monoisotopic (exact) mass is 424 g/mol. The summed E-state index contributed by atoms with van der Waals surface area (Å²) in [5.41, 5.74) is 4.81. The van der Waals surface area contributed by atoms with Crippen LogP contribution in [0, 0.1) is 0 Å². The molecule has 0 bridgehead atoms. The Hall–Kier alpha value is -4.59. The minimum Gasteiger partial charge on any atom is -0.495 e. The molecule has 0 unspecified atom stereocenters. The molecule has 156 valence electrons. The number of carbonyl (C=O) groups is 1. The highest BCUT2D eigenvalue weighted by Gasteiger charge is 2.29. The highest BCUT2D eigenvalue weighted by Crippen LogP contribution is 2.40. The third kappa shape index (κ3) is 2.73. The van der Waals surface area contributed by atoms with Gasteiger partial charge in [-0.25, -0.2) is 9.97 Å². The van der Waals surface area contributed by atoms with Crippen molar-refractivity contribution in [3.05, 3.63) is 72.4 Å². The predicted octanol–water partition coefficient (Wildman–Crippen LogP) is 4.98. The highest BCUT2D eigenvalue weighted by atomic mass is 16.5. The van der Waals surface area contributed by atoms with E-state index < -0.39 is 0 Å². The molecule has 0 spiro atoms. The molecule has 1 aromatic carbocycles. The summed E-state index contributed by atoms with van der Waals surface area (Å²) in [7, 11) is 1.58. The van der Waals surface area contributed by atoms with Gasteiger partial charge in [-0.3, -0.25) is 4.79 Å². The summed E-state index contributed by atoms with van der Waals surface area (Å²) in [6.45, 7) is 0. The number of nitrogens with zero attached hydrogens (tertiary/aromatic N) is 2. The fourth-order valence-electron chi connectivity index (χ4n) is 3.91. The van der Waals surface area contributed by atoms with E-state index in [4.69, 9.17) is 23.5 Å². The first-order chi connectivity index (χ1) is 15.7. The molecule has 0 saturated carbocycles. The van der Waals surface area contributed by atoms with Gasteiger partial charge in [0, 0.05) is 11.8 Å². The molecule has 4 aromatic heterocycles. The fourth-order valence-corrected chi connectivity index (χ4v) is 3.91. The number of nitrogens with one attached hydrogen (secondary N) is 2. The zero-order valence-electron chi connectivity index (χ0n) is 16.9. The molecule has 0 radical (unpaired) electrons. The second kappa shape index (κ2) is 6.98. The zero-order chi connectivity index (χ0) is 21.7. The summed E-state index contributed by atoms with van der Waals surface area (Å²) in [6, 6.07) is 12.7. The van der Waals surface area contributed by atoms with E-state index in [1.165, 1.54) is 0 Å². The first-order valence-corrected chi connectivity index (χ1v) is 9.90. The fraction of sp³-hybridized carbons (Fsp3) is 0.0417. The van der Waals surface area contributed by atoms with Crippen LogP contribution in [0.3, 0.4) is 0 Å². The first kappa shape index (κ1) is 18.2. The van der Waals surface area contributed by atoms with Crippen LogP contribution in [-0.4, -0.2) is 28.0 Å². The van der Waals surface area contributed by atoms with Crippen LogP contribution in [0.1, 0.15) is 11.3 Å². The van der Waals surface area contributed by atoms with Crippen molar-refractivity contribution < 1.29 is 18.4 Å². The van der Waals surface area contributed by atoms with Gasteiger partial charge in [0.1, 0.15) is 17.1 Å². The van der Waals surface area contributed by atoms with Crippen LogP contribution in [0.25, 0.3) is 45.6 Å². The SMILES string of the molecule is COc1cc[nH]c1/C=C1/C(=O)Nc2ccc3nc(-c4ccco4)c(-c4ccco4)nc3c21. The largest absolute Gasteiger partial charge is 0.495 e. The number of hydrogen-bond acceptors (Lipinski definition) is 6. The number of hydrogen-bond donors (Lipinski definition) is 2. The molecule has 0 saturated heterocycles. The van der Waals surface area contributed by atoms with Crippen molar-refractivity contribution in [1.29, 1.82) is 0 Å². The standard InChI is InChI=1S/C24H16N4O4/c1-30-17-8-9-25-16(17)12-13-20-14(27-24(13)29)6-7-15-21(20)28-23(19-5-3-11-32-19)22(26-15)18-4-2-10-31-18/h2-12,25H,1H3,(H,27,29)/b13-12+. The lowest BCUT2D eigenvalue weighted by Crippen LogP contribution is -2.03. The van der Waals surface area contributed by atoms with Crippen LogP contribution in [0.5, 0.6) is 5.75 Å². The Balaban J connectivity index is 1.63. The van der Waals surface area contributed by atoms with Gasteiger partial charge in [-0.1, -0.05) is 0 Å². The van der Waals surface area contributed by atoms with Crippen LogP contribution in [0.2, 0.25) is 0 Å². The number of rotatable bonds is 4. The number of methoxy groups -OCH3 is 1. The van der Waals surface area contributed by atoms with Crippen molar-refractivity contribution >= 4 is 34.3 Å². The number of H-pyrrole nitrogens is 1. The maximum Gasteiger partial charge on any atom is 0.256 e. The molecule has 0 fully saturated rings. The molecular weight excluding hydrogens is 408 g/mol. The molecule has 8 nitrogen and oxygen atoms in total. The summed E-state index contributed by atoms with van der Waals surface area (Å²) in [6.07, 6.45) is 6.68. The van der Waals surface area contributed by atoms with Gasteiger partial charge in [-0.05, 0) is 48.5 Å². The molecule has 8 heteroatoms. The van der Waals surface area contributed by atoms with Crippen molar-refractivity contribution in [3.8, 4) is 28.7 Å².